The molecule has 0 saturated carbocycles. The molecule has 0 spiro atoms. The normalized spacial score (nSPS) is 10.5. The van der Waals surface area contributed by atoms with E-state index in [0.717, 1.165) is 42.6 Å². The molecule has 0 aliphatic heterocycles. The van der Waals surface area contributed by atoms with E-state index in [4.69, 9.17) is 4.74 Å². The molecular weight excluding hydrogens is 238 g/mol. The van der Waals surface area contributed by atoms with Gasteiger partial charge < -0.3 is 10.1 Å². The van der Waals surface area contributed by atoms with Gasteiger partial charge in [-0.15, -0.1) is 0 Å². The minimum Gasteiger partial charge on any atom is -0.381 e. The molecule has 3 nitrogen and oxygen atoms in total. The van der Waals surface area contributed by atoms with Gasteiger partial charge in [0.2, 0.25) is 0 Å². The van der Waals surface area contributed by atoms with Crippen molar-refractivity contribution >= 4 is 5.91 Å². The van der Waals surface area contributed by atoms with Crippen molar-refractivity contribution in [2.24, 2.45) is 0 Å². The molecular formula is C16H25NO2. The Balaban J connectivity index is 2.26. The van der Waals surface area contributed by atoms with Crippen molar-refractivity contribution in [1.29, 1.82) is 0 Å². The minimum absolute atomic E-state index is 0.00904. The predicted molar refractivity (Wildman–Crippen MR) is 78.6 cm³/mol. The van der Waals surface area contributed by atoms with Crippen molar-refractivity contribution in [3.05, 3.63) is 34.9 Å². The molecule has 1 aromatic rings. The number of nitrogens with one attached hydrogen (secondary N) is 1. The van der Waals surface area contributed by atoms with E-state index in [1.54, 1.807) is 0 Å². The molecule has 0 saturated heterocycles. The SMILES string of the molecule is CCCCOCCCNC(=O)c1cccc(C)c1C. The Labute approximate surface area is 116 Å². The molecule has 3 heteroatoms. The molecule has 1 N–H and O–H groups in total. The van der Waals surface area contributed by atoms with Gasteiger partial charge in [-0.3, -0.25) is 4.79 Å². The molecule has 0 aliphatic rings. The second kappa shape index (κ2) is 8.70. The van der Waals surface area contributed by atoms with Gasteiger partial charge in [0.05, 0.1) is 0 Å². The zero-order valence-corrected chi connectivity index (χ0v) is 12.3. The Morgan fingerprint density at radius 2 is 1.95 bits per heavy atom. The summed E-state index contributed by atoms with van der Waals surface area (Å²) >= 11 is 0. The van der Waals surface area contributed by atoms with Gasteiger partial charge in [0.1, 0.15) is 0 Å². The van der Waals surface area contributed by atoms with Gasteiger partial charge in [-0.25, -0.2) is 0 Å². The summed E-state index contributed by atoms with van der Waals surface area (Å²) < 4.78 is 5.45. The first kappa shape index (κ1) is 15.7. The fourth-order valence-electron chi connectivity index (χ4n) is 1.82. The second-order valence-corrected chi connectivity index (χ2v) is 4.82. The first-order chi connectivity index (χ1) is 9.16. The van der Waals surface area contributed by atoms with Crippen molar-refractivity contribution in [2.75, 3.05) is 19.8 Å². The van der Waals surface area contributed by atoms with E-state index < -0.39 is 0 Å². The van der Waals surface area contributed by atoms with E-state index in [1.807, 2.05) is 32.0 Å². The summed E-state index contributed by atoms with van der Waals surface area (Å²) in [7, 11) is 0. The van der Waals surface area contributed by atoms with Gasteiger partial charge >= 0.3 is 0 Å². The summed E-state index contributed by atoms with van der Waals surface area (Å²) in [6.07, 6.45) is 3.12. The number of carbonyl (C=O) groups is 1. The summed E-state index contributed by atoms with van der Waals surface area (Å²) in [4.78, 5) is 12.0. The van der Waals surface area contributed by atoms with Crippen molar-refractivity contribution in [3.8, 4) is 0 Å². The molecule has 0 heterocycles. The van der Waals surface area contributed by atoms with Crippen LogP contribution in [0.5, 0.6) is 0 Å². The number of benzene rings is 1. The van der Waals surface area contributed by atoms with Crippen molar-refractivity contribution < 1.29 is 9.53 Å². The van der Waals surface area contributed by atoms with E-state index in [0.29, 0.717) is 13.2 Å². The van der Waals surface area contributed by atoms with Crippen LogP contribution in [0.15, 0.2) is 18.2 Å². The summed E-state index contributed by atoms with van der Waals surface area (Å²) in [5, 5.41) is 2.94. The third-order valence-electron chi connectivity index (χ3n) is 3.24. The van der Waals surface area contributed by atoms with Gasteiger partial charge in [0.15, 0.2) is 0 Å². The number of unbranched alkanes of at least 4 members (excludes halogenated alkanes) is 1. The number of hydrogen-bond acceptors (Lipinski definition) is 2. The highest BCUT2D eigenvalue weighted by Crippen LogP contribution is 2.12. The maximum atomic E-state index is 12.0. The van der Waals surface area contributed by atoms with Crippen LogP contribution in [-0.4, -0.2) is 25.7 Å². The summed E-state index contributed by atoms with van der Waals surface area (Å²) in [6.45, 7) is 8.35. The Morgan fingerprint density at radius 3 is 2.68 bits per heavy atom. The average Bonchev–Trinajstić information content (AvgIpc) is 2.40. The van der Waals surface area contributed by atoms with Gasteiger partial charge in [-0.1, -0.05) is 25.5 Å². The van der Waals surface area contributed by atoms with E-state index in [2.05, 4.69) is 12.2 Å². The van der Waals surface area contributed by atoms with Crippen LogP contribution >= 0.6 is 0 Å². The van der Waals surface area contributed by atoms with Crippen LogP contribution < -0.4 is 5.32 Å². The molecule has 0 atom stereocenters. The lowest BCUT2D eigenvalue weighted by molar-refractivity contribution is 0.0939. The molecule has 0 aliphatic carbocycles. The molecule has 106 valence electrons. The molecule has 1 rings (SSSR count). The van der Waals surface area contributed by atoms with E-state index in [1.165, 1.54) is 0 Å². The minimum atomic E-state index is 0.00904. The Kier molecular flexibility index (Phi) is 7.19. The largest absolute Gasteiger partial charge is 0.381 e. The number of hydrogen-bond donors (Lipinski definition) is 1. The van der Waals surface area contributed by atoms with Crippen LogP contribution in [0, 0.1) is 13.8 Å². The predicted octanol–water partition coefficient (Wildman–Crippen LogP) is 3.24. The number of carbonyl (C=O) groups excluding carboxylic acids is 1. The average molecular weight is 263 g/mol. The fraction of sp³-hybridized carbons (Fsp3) is 0.562. The summed E-state index contributed by atoms with van der Waals surface area (Å²) in [6, 6.07) is 5.81. The number of rotatable bonds is 8. The maximum absolute atomic E-state index is 12.0. The summed E-state index contributed by atoms with van der Waals surface area (Å²) in [5.74, 6) is 0.00904. The van der Waals surface area contributed by atoms with Crippen LogP contribution in [0.25, 0.3) is 0 Å². The van der Waals surface area contributed by atoms with Crippen LogP contribution in [0.1, 0.15) is 47.7 Å². The monoisotopic (exact) mass is 263 g/mol. The molecule has 0 aromatic heterocycles. The Morgan fingerprint density at radius 1 is 1.21 bits per heavy atom. The van der Waals surface area contributed by atoms with Gasteiger partial charge in [0.25, 0.3) is 5.91 Å². The quantitative estimate of drug-likeness (QED) is 0.731. The van der Waals surface area contributed by atoms with Crippen LogP contribution in [0.4, 0.5) is 0 Å². The standard InChI is InChI=1S/C16H25NO2/c1-4-5-11-19-12-7-10-17-16(18)15-9-6-8-13(2)14(15)3/h6,8-9H,4-5,7,10-12H2,1-3H3,(H,17,18). The topological polar surface area (TPSA) is 38.3 Å². The smallest absolute Gasteiger partial charge is 0.251 e. The van der Waals surface area contributed by atoms with E-state index >= 15 is 0 Å². The second-order valence-electron chi connectivity index (χ2n) is 4.82. The highest BCUT2D eigenvalue weighted by atomic mass is 16.5. The fourth-order valence-corrected chi connectivity index (χ4v) is 1.82. The van der Waals surface area contributed by atoms with Gasteiger partial charge in [-0.05, 0) is 43.9 Å². The van der Waals surface area contributed by atoms with Gasteiger partial charge in [-0.2, -0.15) is 0 Å². The van der Waals surface area contributed by atoms with E-state index in [9.17, 15) is 4.79 Å². The van der Waals surface area contributed by atoms with Crippen LogP contribution in [0.3, 0.4) is 0 Å². The third-order valence-corrected chi connectivity index (χ3v) is 3.24. The van der Waals surface area contributed by atoms with E-state index in [-0.39, 0.29) is 5.91 Å². The lowest BCUT2D eigenvalue weighted by Crippen LogP contribution is -2.26. The van der Waals surface area contributed by atoms with Crippen LogP contribution in [0.2, 0.25) is 0 Å². The number of amides is 1. The first-order valence-corrected chi connectivity index (χ1v) is 7.09. The first-order valence-electron chi connectivity index (χ1n) is 7.09. The highest BCUT2D eigenvalue weighted by Gasteiger charge is 2.08. The lowest BCUT2D eigenvalue weighted by atomic mass is 10.0. The molecule has 0 bridgehead atoms. The molecule has 1 aromatic carbocycles. The molecule has 1 amide bonds. The van der Waals surface area contributed by atoms with Crippen molar-refractivity contribution in [1.82, 2.24) is 5.32 Å². The number of aryl methyl sites for hydroxylation is 1. The zero-order chi connectivity index (χ0) is 14.1. The molecule has 0 unspecified atom stereocenters. The molecule has 19 heavy (non-hydrogen) atoms. The lowest BCUT2D eigenvalue weighted by Gasteiger charge is -2.09. The summed E-state index contributed by atoms with van der Waals surface area (Å²) in [5.41, 5.74) is 2.97. The highest BCUT2D eigenvalue weighted by molar-refractivity contribution is 5.95. The maximum Gasteiger partial charge on any atom is 0.251 e. The molecule has 0 radical (unpaired) electrons. The Bertz CT molecular complexity index is 402. The van der Waals surface area contributed by atoms with Crippen molar-refractivity contribution in [2.45, 2.75) is 40.0 Å². The number of ether oxygens (including phenoxy) is 1. The van der Waals surface area contributed by atoms with Crippen molar-refractivity contribution in [3.63, 3.8) is 0 Å². The third kappa shape index (κ3) is 5.43. The van der Waals surface area contributed by atoms with Gasteiger partial charge in [0, 0.05) is 25.3 Å². The van der Waals surface area contributed by atoms with Crippen LogP contribution in [-0.2, 0) is 4.74 Å². The molecule has 0 fully saturated rings. The zero-order valence-electron chi connectivity index (χ0n) is 12.3. The Hall–Kier alpha value is -1.35.